The van der Waals surface area contributed by atoms with E-state index in [9.17, 15) is 4.79 Å². The number of para-hydroxylation sites is 1. The van der Waals surface area contributed by atoms with Crippen LogP contribution in [0.5, 0.6) is 11.5 Å². The number of hydrogen-bond acceptors (Lipinski definition) is 7. The van der Waals surface area contributed by atoms with Gasteiger partial charge in [-0.2, -0.15) is 4.98 Å². The molecule has 1 amide bonds. The van der Waals surface area contributed by atoms with Gasteiger partial charge in [-0.15, -0.1) is 5.10 Å². The molecular formula is C26H24N6O3. The van der Waals surface area contributed by atoms with E-state index in [1.54, 1.807) is 43.4 Å². The van der Waals surface area contributed by atoms with E-state index in [-0.39, 0.29) is 5.91 Å². The van der Waals surface area contributed by atoms with Gasteiger partial charge in [0.05, 0.1) is 26.1 Å². The SMILES string of the molecule is COc1ccc(-c2nc3n(n2)C(c2ccccc2OC)C(C(=O)Nc2cccnc2)C(C)=N3)cc1. The number of methoxy groups -OCH3 is 2. The molecular weight excluding hydrogens is 444 g/mol. The number of amides is 1. The molecule has 2 unspecified atom stereocenters. The number of carbonyl (C=O) groups excluding carboxylic acids is 1. The third kappa shape index (κ3) is 4.23. The van der Waals surface area contributed by atoms with Gasteiger partial charge >= 0.3 is 0 Å². The van der Waals surface area contributed by atoms with Crippen LogP contribution >= 0.6 is 0 Å². The predicted molar refractivity (Wildman–Crippen MR) is 132 cm³/mol. The monoisotopic (exact) mass is 468 g/mol. The molecule has 9 heteroatoms. The Morgan fingerprint density at radius 2 is 1.80 bits per heavy atom. The van der Waals surface area contributed by atoms with E-state index in [4.69, 9.17) is 14.6 Å². The summed E-state index contributed by atoms with van der Waals surface area (Å²) < 4.78 is 12.6. The molecule has 4 aromatic rings. The first kappa shape index (κ1) is 22.3. The highest BCUT2D eigenvalue weighted by atomic mass is 16.5. The van der Waals surface area contributed by atoms with Crippen molar-refractivity contribution in [2.24, 2.45) is 10.9 Å². The van der Waals surface area contributed by atoms with Crippen molar-refractivity contribution in [1.82, 2.24) is 19.7 Å². The van der Waals surface area contributed by atoms with Gasteiger partial charge < -0.3 is 14.8 Å². The molecule has 0 radical (unpaired) electrons. The topological polar surface area (TPSA) is 104 Å². The Morgan fingerprint density at radius 1 is 1.00 bits per heavy atom. The smallest absolute Gasteiger partial charge is 0.248 e. The number of ether oxygens (including phenoxy) is 2. The molecule has 0 saturated carbocycles. The lowest BCUT2D eigenvalue weighted by Gasteiger charge is -2.31. The van der Waals surface area contributed by atoms with Gasteiger partial charge in [-0.25, -0.2) is 9.67 Å². The first-order valence-corrected chi connectivity index (χ1v) is 11.1. The molecule has 2 atom stereocenters. The molecule has 0 spiro atoms. The highest BCUT2D eigenvalue weighted by molar-refractivity contribution is 6.10. The van der Waals surface area contributed by atoms with E-state index >= 15 is 0 Å². The third-order valence-electron chi connectivity index (χ3n) is 5.94. The highest BCUT2D eigenvalue weighted by Crippen LogP contribution is 2.40. The van der Waals surface area contributed by atoms with Gasteiger partial charge in [-0.05, 0) is 49.4 Å². The number of nitrogens with zero attached hydrogens (tertiary/aromatic N) is 5. The van der Waals surface area contributed by atoms with Crippen LogP contribution in [0.4, 0.5) is 11.6 Å². The maximum Gasteiger partial charge on any atom is 0.248 e. The maximum absolute atomic E-state index is 13.6. The summed E-state index contributed by atoms with van der Waals surface area (Å²) in [5.74, 6) is 1.46. The molecule has 176 valence electrons. The first-order valence-electron chi connectivity index (χ1n) is 11.1. The fraction of sp³-hybridized carbons (Fsp3) is 0.192. The molecule has 1 aliphatic heterocycles. The van der Waals surface area contributed by atoms with Crippen LogP contribution in [0.2, 0.25) is 0 Å². The summed E-state index contributed by atoms with van der Waals surface area (Å²) >= 11 is 0. The second kappa shape index (κ2) is 9.38. The molecule has 0 fully saturated rings. The van der Waals surface area contributed by atoms with Crippen LogP contribution in [0.25, 0.3) is 11.4 Å². The quantitative estimate of drug-likeness (QED) is 0.452. The number of carbonyl (C=O) groups is 1. The summed E-state index contributed by atoms with van der Waals surface area (Å²) in [4.78, 5) is 27.0. The van der Waals surface area contributed by atoms with Crippen molar-refractivity contribution in [3.63, 3.8) is 0 Å². The van der Waals surface area contributed by atoms with Crippen LogP contribution in [0.15, 0.2) is 78.0 Å². The van der Waals surface area contributed by atoms with E-state index < -0.39 is 12.0 Å². The fourth-order valence-corrected chi connectivity index (χ4v) is 4.25. The molecule has 5 rings (SSSR count). The first-order chi connectivity index (χ1) is 17.1. The van der Waals surface area contributed by atoms with Crippen LogP contribution in [-0.4, -0.2) is 45.6 Å². The number of pyridine rings is 1. The molecule has 3 heterocycles. The van der Waals surface area contributed by atoms with E-state index in [0.717, 1.165) is 16.9 Å². The van der Waals surface area contributed by atoms with Crippen molar-refractivity contribution < 1.29 is 14.3 Å². The summed E-state index contributed by atoms with van der Waals surface area (Å²) in [6.45, 7) is 1.83. The minimum Gasteiger partial charge on any atom is -0.497 e. The van der Waals surface area contributed by atoms with E-state index in [0.29, 0.717) is 28.9 Å². The van der Waals surface area contributed by atoms with Gasteiger partial charge in [0, 0.05) is 23.0 Å². The summed E-state index contributed by atoms with van der Waals surface area (Å²) in [6, 6.07) is 18.1. The molecule has 0 saturated heterocycles. The molecule has 1 N–H and O–H groups in total. The van der Waals surface area contributed by atoms with Crippen LogP contribution < -0.4 is 14.8 Å². The summed E-state index contributed by atoms with van der Waals surface area (Å²) in [6.07, 6.45) is 3.26. The average molecular weight is 469 g/mol. The zero-order valence-electron chi connectivity index (χ0n) is 19.5. The van der Waals surface area contributed by atoms with E-state index in [2.05, 4.69) is 20.3 Å². The van der Waals surface area contributed by atoms with Crippen LogP contribution in [0.1, 0.15) is 18.5 Å². The Hall–Kier alpha value is -4.53. The Bertz CT molecular complexity index is 1380. The number of rotatable bonds is 6. The van der Waals surface area contributed by atoms with Crippen molar-refractivity contribution in [3.8, 4) is 22.9 Å². The molecule has 2 aromatic carbocycles. The number of aliphatic imine (C=N–C) groups is 1. The second-order valence-corrected chi connectivity index (χ2v) is 8.06. The van der Waals surface area contributed by atoms with Gasteiger partial charge in [0.15, 0.2) is 5.82 Å². The van der Waals surface area contributed by atoms with Crippen molar-refractivity contribution in [2.75, 3.05) is 19.5 Å². The van der Waals surface area contributed by atoms with Crippen molar-refractivity contribution in [1.29, 1.82) is 0 Å². The van der Waals surface area contributed by atoms with Gasteiger partial charge in [-0.1, -0.05) is 18.2 Å². The normalized spacial score (nSPS) is 16.7. The van der Waals surface area contributed by atoms with Gasteiger partial charge in [0.1, 0.15) is 23.5 Å². The second-order valence-electron chi connectivity index (χ2n) is 8.06. The highest BCUT2D eigenvalue weighted by Gasteiger charge is 2.40. The van der Waals surface area contributed by atoms with E-state index in [1.807, 2.05) is 55.5 Å². The van der Waals surface area contributed by atoms with Crippen LogP contribution in [0.3, 0.4) is 0 Å². The zero-order chi connectivity index (χ0) is 24.4. The van der Waals surface area contributed by atoms with Gasteiger partial charge in [0.2, 0.25) is 11.9 Å². The lowest BCUT2D eigenvalue weighted by Crippen LogP contribution is -2.39. The van der Waals surface area contributed by atoms with E-state index in [1.165, 1.54) is 0 Å². The fourth-order valence-electron chi connectivity index (χ4n) is 4.25. The van der Waals surface area contributed by atoms with Gasteiger partial charge in [0.25, 0.3) is 0 Å². The predicted octanol–water partition coefficient (Wildman–Crippen LogP) is 4.31. The Balaban J connectivity index is 1.61. The number of nitrogens with one attached hydrogen (secondary N) is 1. The Labute approximate surface area is 202 Å². The minimum atomic E-state index is -0.649. The lowest BCUT2D eigenvalue weighted by molar-refractivity contribution is -0.118. The molecule has 0 bridgehead atoms. The standard InChI is InChI=1S/C26H24N6O3/c1-16-22(25(33)29-18-7-6-14-27-15-18)23(20-8-4-5-9-21(20)35-3)32-26(28-16)30-24(31-32)17-10-12-19(34-2)13-11-17/h4-15,22-23H,1-3H3,(H,29,33). The van der Waals surface area contributed by atoms with Gasteiger partial charge in [-0.3, -0.25) is 9.78 Å². The summed E-state index contributed by atoms with van der Waals surface area (Å²) in [5.41, 5.74) is 2.86. The van der Waals surface area contributed by atoms with Crippen molar-refractivity contribution in [3.05, 3.63) is 78.6 Å². The Morgan fingerprint density at radius 3 is 2.51 bits per heavy atom. The molecule has 35 heavy (non-hydrogen) atoms. The van der Waals surface area contributed by atoms with Crippen molar-refractivity contribution >= 4 is 23.3 Å². The molecule has 1 aliphatic rings. The zero-order valence-corrected chi connectivity index (χ0v) is 19.5. The number of hydrogen-bond donors (Lipinski definition) is 1. The Kier molecular flexibility index (Phi) is 5.97. The maximum atomic E-state index is 13.6. The van der Waals surface area contributed by atoms with Crippen molar-refractivity contribution in [2.45, 2.75) is 13.0 Å². The molecule has 0 aliphatic carbocycles. The number of benzene rings is 2. The number of aromatic nitrogens is 4. The minimum absolute atomic E-state index is 0.220. The third-order valence-corrected chi connectivity index (χ3v) is 5.94. The molecule has 9 nitrogen and oxygen atoms in total. The summed E-state index contributed by atoms with van der Waals surface area (Å²) in [5, 5.41) is 7.76. The number of anilines is 1. The average Bonchev–Trinajstić information content (AvgIpc) is 3.32. The lowest BCUT2D eigenvalue weighted by atomic mass is 9.87. The van der Waals surface area contributed by atoms with Crippen LogP contribution in [-0.2, 0) is 4.79 Å². The molecule has 2 aromatic heterocycles. The number of fused-ring (bicyclic) bond motifs is 1. The van der Waals surface area contributed by atoms with Crippen LogP contribution in [0, 0.1) is 5.92 Å². The largest absolute Gasteiger partial charge is 0.497 e. The summed E-state index contributed by atoms with van der Waals surface area (Å²) in [7, 11) is 3.23.